The van der Waals surface area contributed by atoms with Gasteiger partial charge in [-0.25, -0.2) is 0 Å². The summed E-state index contributed by atoms with van der Waals surface area (Å²) in [6, 6.07) is 6.04. The molecule has 102 valence electrons. The quantitative estimate of drug-likeness (QED) is 0.783. The van der Waals surface area contributed by atoms with Crippen molar-refractivity contribution in [3.63, 3.8) is 0 Å². The Morgan fingerprint density at radius 1 is 1.28 bits per heavy atom. The Morgan fingerprint density at radius 3 is 2.56 bits per heavy atom. The Morgan fingerprint density at radius 2 is 2.00 bits per heavy atom. The maximum atomic E-state index is 9.34. The molecule has 0 bridgehead atoms. The van der Waals surface area contributed by atoms with E-state index in [0.717, 1.165) is 18.8 Å². The summed E-state index contributed by atoms with van der Waals surface area (Å²) in [6.07, 6.45) is 0.739. The van der Waals surface area contributed by atoms with E-state index < -0.39 is 6.10 Å². The summed E-state index contributed by atoms with van der Waals surface area (Å²) in [6.45, 7) is 6.84. The summed E-state index contributed by atoms with van der Waals surface area (Å²) in [5.41, 5.74) is 2.36. The van der Waals surface area contributed by atoms with Crippen molar-refractivity contribution in [1.82, 2.24) is 0 Å². The lowest BCUT2D eigenvalue weighted by atomic mass is 10.0. The van der Waals surface area contributed by atoms with Crippen LogP contribution in [0.25, 0.3) is 0 Å². The van der Waals surface area contributed by atoms with Crippen LogP contribution in [0.5, 0.6) is 5.75 Å². The molecule has 1 unspecified atom stereocenters. The van der Waals surface area contributed by atoms with Gasteiger partial charge in [0.15, 0.2) is 0 Å². The SMILES string of the molecule is Cc1cc(OCC(C)C)ccc1CCC(O)CO. The predicted octanol–water partition coefficient (Wildman–Crippen LogP) is 2.32. The van der Waals surface area contributed by atoms with Crippen molar-refractivity contribution in [1.29, 1.82) is 0 Å². The van der Waals surface area contributed by atoms with Crippen LogP contribution in [0, 0.1) is 12.8 Å². The number of aliphatic hydroxyl groups is 2. The maximum Gasteiger partial charge on any atom is 0.119 e. The van der Waals surface area contributed by atoms with Crippen LogP contribution in [-0.4, -0.2) is 29.5 Å². The Balaban J connectivity index is 2.56. The molecule has 0 aliphatic carbocycles. The highest BCUT2D eigenvalue weighted by Gasteiger charge is 2.06. The third-order valence-electron chi connectivity index (χ3n) is 2.86. The molecule has 1 aromatic rings. The van der Waals surface area contributed by atoms with Gasteiger partial charge in [-0.1, -0.05) is 19.9 Å². The van der Waals surface area contributed by atoms with E-state index in [-0.39, 0.29) is 6.61 Å². The Labute approximate surface area is 109 Å². The largest absolute Gasteiger partial charge is 0.493 e. The highest BCUT2D eigenvalue weighted by atomic mass is 16.5. The minimum absolute atomic E-state index is 0.172. The summed E-state index contributed by atoms with van der Waals surface area (Å²) in [5, 5.41) is 18.1. The zero-order valence-corrected chi connectivity index (χ0v) is 11.5. The van der Waals surface area contributed by atoms with Gasteiger partial charge in [0, 0.05) is 0 Å². The van der Waals surface area contributed by atoms with Crippen molar-refractivity contribution < 1.29 is 14.9 Å². The maximum absolute atomic E-state index is 9.34. The van der Waals surface area contributed by atoms with Crippen LogP contribution in [0.2, 0.25) is 0 Å². The second-order valence-corrected chi connectivity index (χ2v) is 5.17. The van der Waals surface area contributed by atoms with Crippen LogP contribution < -0.4 is 4.74 Å². The van der Waals surface area contributed by atoms with Gasteiger partial charge in [-0.15, -0.1) is 0 Å². The van der Waals surface area contributed by atoms with E-state index in [4.69, 9.17) is 9.84 Å². The van der Waals surface area contributed by atoms with Crippen LogP contribution in [0.1, 0.15) is 31.4 Å². The molecule has 1 atom stereocenters. The van der Waals surface area contributed by atoms with Crippen molar-refractivity contribution in [3.05, 3.63) is 29.3 Å². The monoisotopic (exact) mass is 252 g/mol. The van der Waals surface area contributed by atoms with E-state index >= 15 is 0 Å². The number of benzene rings is 1. The molecule has 0 fully saturated rings. The van der Waals surface area contributed by atoms with Gasteiger partial charge in [-0.05, 0) is 48.9 Å². The predicted molar refractivity (Wildman–Crippen MR) is 72.9 cm³/mol. The first kappa shape index (κ1) is 15.0. The van der Waals surface area contributed by atoms with Gasteiger partial charge in [-0.3, -0.25) is 0 Å². The Hall–Kier alpha value is -1.06. The highest BCUT2D eigenvalue weighted by Crippen LogP contribution is 2.19. The minimum Gasteiger partial charge on any atom is -0.493 e. The number of aryl methyl sites for hydroxylation is 2. The molecule has 0 spiro atoms. The smallest absolute Gasteiger partial charge is 0.119 e. The normalized spacial score (nSPS) is 12.8. The number of hydrogen-bond donors (Lipinski definition) is 2. The molecule has 0 aliphatic rings. The van der Waals surface area contributed by atoms with Crippen molar-refractivity contribution in [2.24, 2.45) is 5.92 Å². The molecule has 3 heteroatoms. The summed E-state index contributed by atoms with van der Waals surface area (Å²) < 4.78 is 5.66. The third-order valence-corrected chi connectivity index (χ3v) is 2.86. The molecular weight excluding hydrogens is 228 g/mol. The van der Waals surface area contributed by atoms with Crippen molar-refractivity contribution in [2.45, 2.75) is 39.7 Å². The van der Waals surface area contributed by atoms with Crippen LogP contribution in [0.4, 0.5) is 0 Å². The molecule has 0 amide bonds. The Bertz CT molecular complexity index is 361. The molecule has 0 heterocycles. The van der Waals surface area contributed by atoms with Gasteiger partial charge >= 0.3 is 0 Å². The van der Waals surface area contributed by atoms with Crippen molar-refractivity contribution >= 4 is 0 Å². The van der Waals surface area contributed by atoms with Crippen LogP contribution in [-0.2, 0) is 6.42 Å². The van der Waals surface area contributed by atoms with Crippen molar-refractivity contribution in [3.8, 4) is 5.75 Å². The lowest BCUT2D eigenvalue weighted by Crippen LogP contribution is -2.13. The summed E-state index contributed by atoms with van der Waals surface area (Å²) in [4.78, 5) is 0. The average Bonchev–Trinajstić information content (AvgIpc) is 2.34. The molecule has 0 aromatic heterocycles. The summed E-state index contributed by atoms with van der Waals surface area (Å²) >= 11 is 0. The lowest BCUT2D eigenvalue weighted by molar-refractivity contribution is 0.0885. The molecular formula is C15H24O3. The zero-order chi connectivity index (χ0) is 13.5. The first-order chi connectivity index (χ1) is 8.52. The van der Waals surface area contributed by atoms with Gasteiger partial charge in [0.2, 0.25) is 0 Å². The first-order valence-corrected chi connectivity index (χ1v) is 6.54. The second kappa shape index (κ2) is 7.39. The number of aliphatic hydroxyl groups excluding tert-OH is 2. The highest BCUT2D eigenvalue weighted by molar-refractivity contribution is 5.34. The van der Waals surface area contributed by atoms with Gasteiger partial charge in [0.25, 0.3) is 0 Å². The van der Waals surface area contributed by atoms with Crippen LogP contribution in [0.15, 0.2) is 18.2 Å². The number of hydrogen-bond acceptors (Lipinski definition) is 3. The average molecular weight is 252 g/mol. The lowest BCUT2D eigenvalue weighted by Gasteiger charge is -2.12. The fraction of sp³-hybridized carbons (Fsp3) is 0.600. The van der Waals surface area contributed by atoms with E-state index in [1.54, 1.807) is 0 Å². The molecule has 0 aliphatic heterocycles. The molecule has 1 rings (SSSR count). The first-order valence-electron chi connectivity index (χ1n) is 6.54. The molecule has 18 heavy (non-hydrogen) atoms. The summed E-state index contributed by atoms with van der Waals surface area (Å²) in [5.74, 6) is 1.41. The van der Waals surface area contributed by atoms with Gasteiger partial charge in [-0.2, -0.15) is 0 Å². The molecule has 0 saturated carbocycles. The fourth-order valence-electron chi connectivity index (χ4n) is 1.71. The van der Waals surface area contributed by atoms with Crippen LogP contribution >= 0.6 is 0 Å². The van der Waals surface area contributed by atoms with E-state index in [0.29, 0.717) is 12.3 Å². The van der Waals surface area contributed by atoms with Crippen molar-refractivity contribution in [2.75, 3.05) is 13.2 Å². The minimum atomic E-state index is -0.624. The molecule has 0 saturated heterocycles. The van der Waals surface area contributed by atoms with E-state index in [1.165, 1.54) is 11.1 Å². The van der Waals surface area contributed by atoms with Crippen LogP contribution in [0.3, 0.4) is 0 Å². The van der Waals surface area contributed by atoms with E-state index in [9.17, 15) is 5.11 Å². The number of ether oxygens (including phenoxy) is 1. The topological polar surface area (TPSA) is 49.7 Å². The molecule has 1 aromatic carbocycles. The zero-order valence-electron chi connectivity index (χ0n) is 11.5. The number of rotatable bonds is 7. The summed E-state index contributed by atoms with van der Waals surface area (Å²) in [7, 11) is 0. The van der Waals surface area contributed by atoms with E-state index in [1.807, 2.05) is 25.1 Å². The van der Waals surface area contributed by atoms with Gasteiger partial charge < -0.3 is 14.9 Å². The standard InChI is InChI=1S/C15H24O3/c1-11(2)10-18-15-7-5-13(12(3)8-15)4-6-14(17)9-16/h5,7-8,11,14,16-17H,4,6,9-10H2,1-3H3. The molecule has 3 nitrogen and oxygen atoms in total. The van der Waals surface area contributed by atoms with Gasteiger partial charge in [0.1, 0.15) is 5.75 Å². The Kier molecular flexibility index (Phi) is 6.16. The second-order valence-electron chi connectivity index (χ2n) is 5.17. The molecule has 0 radical (unpaired) electrons. The fourth-order valence-corrected chi connectivity index (χ4v) is 1.71. The third kappa shape index (κ3) is 5.07. The molecule has 2 N–H and O–H groups in total. The van der Waals surface area contributed by atoms with Gasteiger partial charge in [0.05, 0.1) is 19.3 Å². The van der Waals surface area contributed by atoms with E-state index in [2.05, 4.69) is 13.8 Å².